The molecule has 1 saturated heterocycles. The van der Waals surface area contributed by atoms with E-state index in [1.165, 1.54) is 6.07 Å². The highest BCUT2D eigenvalue weighted by Gasteiger charge is 2.24. The topological polar surface area (TPSA) is 29.3 Å². The summed E-state index contributed by atoms with van der Waals surface area (Å²) in [5.74, 6) is -0.125. The number of halogens is 1. The number of rotatable bonds is 1. The van der Waals surface area contributed by atoms with Crippen LogP contribution < -0.4 is 10.6 Å². The van der Waals surface area contributed by atoms with Crippen molar-refractivity contribution in [3.8, 4) is 0 Å². The molecule has 0 aromatic heterocycles. The van der Waals surface area contributed by atoms with E-state index >= 15 is 0 Å². The quantitative estimate of drug-likeness (QED) is 0.791. The Labute approximate surface area is 96.2 Å². The van der Waals surface area contributed by atoms with Crippen LogP contribution in [-0.2, 0) is 0 Å². The molecule has 3 heteroatoms. The number of benzene rings is 1. The van der Waals surface area contributed by atoms with Gasteiger partial charge in [-0.05, 0) is 38.8 Å². The second-order valence-corrected chi connectivity index (χ2v) is 4.71. The van der Waals surface area contributed by atoms with Crippen LogP contribution in [0.5, 0.6) is 0 Å². The van der Waals surface area contributed by atoms with Gasteiger partial charge in [-0.25, -0.2) is 4.39 Å². The second-order valence-electron chi connectivity index (χ2n) is 4.71. The predicted octanol–water partition coefficient (Wildman–Crippen LogP) is 2.45. The summed E-state index contributed by atoms with van der Waals surface area (Å²) in [4.78, 5) is 2.27. The minimum absolute atomic E-state index is 0.125. The molecular formula is C13H19FN2. The van der Waals surface area contributed by atoms with E-state index in [0.717, 1.165) is 30.6 Å². The maximum absolute atomic E-state index is 13.5. The summed E-state index contributed by atoms with van der Waals surface area (Å²) < 4.78 is 13.5. The van der Waals surface area contributed by atoms with Gasteiger partial charge in [-0.2, -0.15) is 0 Å². The van der Waals surface area contributed by atoms with Crippen molar-refractivity contribution >= 4 is 5.69 Å². The number of nitrogens with two attached hydrogens (primary N) is 1. The van der Waals surface area contributed by atoms with E-state index in [4.69, 9.17) is 5.73 Å². The first-order chi connectivity index (χ1) is 7.59. The lowest BCUT2D eigenvalue weighted by molar-refractivity contribution is 0.428. The molecule has 0 bridgehead atoms. The Bertz CT molecular complexity index is 378. The summed E-state index contributed by atoms with van der Waals surface area (Å²) in [6.45, 7) is 4.92. The molecule has 2 nitrogen and oxygen atoms in total. The molecule has 2 unspecified atom stereocenters. The van der Waals surface area contributed by atoms with E-state index in [0.29, 0.717) is 12.1 Å². The Morgan fingerprint density at radius 1 is 1.44 bits per heavy atom. The van der Waals surface area contributed by atoms with Gasteiger partial charge in [-0.3, -0.25) is 0 Å². The third-order valence-corrected chi connectivity index (χ3v) is 3.47. The fraction of sp³-hybridized carbons (Fsp3) is 0.538. The van der Waals surface area contributed by atoms with Gasteiger partial charge in [0.25, 0.3) is 0 Å². The van der Waals surface area contributed by atoms with Crippen molar-refractivity contribution < 1.29 is 4.39 Å². The SMILES string of the molecule is Cc1c(F)cccc1N1CCC(N)CC1C. The van der Waals surface area contributed by atoms with Crippen molar-refractivity contribution in [1.29, 1.82) is 0 Å². The molecule has 0 amide bonds. The third-order valence-electron chi connectivity index (χ3n) is 3.47. The molecule has 1 aliphatic heterocycles. The Hall–Kier alpha value is -1.09. The highest BCUT2D eigenvalue weighted by Crippen LogP contribution is 2.28. The third kappa shape index (κ3) is 2.05. The van der Waals surface area contributed by atoms with Crippen LogP contribution in [0, 0.1) is 12.7 Å². The fourth-order valence-electron chi connectivity index (χ4n) is 2.47. The van der Waals surface area contributed by atoms with Gasteiger partial charge in [0.15, 0.2) is 0 Å². The molecular weight excluding hydrogens is 203 g/mol. The highest BCUT2D eigenvalue weighted by molar-refractivity contribution is 5.54. The summed E-state index contributed by atoms with van der Waals surface area (Å²) in [7, 11) is 0. The molecule has 0 radical (unpaired) electrons. The van der Waals surface area contributed by atoms with Crippen molar-refractivity contribution in [3.63, 3.8) is 0 Å². The molecule has 1 heterocycles. The lowest BCUT2D eigenvalue weighted by atomic mass is 9.97. The predicted molar refractivity (Wildman–Crippen MR) is 65.2 cm³/mol. The van der Waals surface area contributed by atoms with Gasteiger partial charge in [0.2, 0.25) is 0 Å². The molecule has 2 N–H and O–H groups in total. The first-order valence-electron chi connectivity index (χ1n) is 5.87. The molecule has 16 heavy (non-hydrogen) atoms. The van der Waals surface area contributed by atoms with Crippen LogP contribution in [0.4, 0.5) is 10.1 Å². The van der Waals surface area contributed by atoms with Gasteiger partial charge < -0.3 is 10.6 Å². The number of nitrogens with zero attached hydrogens (tertiary/aromatic N) is 1. The first-order valence-corrected chi connectivity index (χ1v) is 5.87. The van der Waals surface area contributed by atoms with Gasteiger partial charge in [0, 0.05) is 29.9 Å². The summed E-state index contributed by atoms with van der Waals surface area (Å²) in [5, 5.41) is 0. The molecule has 1 aromatic rings. The Morgan fingerprint density at radius 3 is 2.88 bits per heavy atom. The van der Waals surface area contributed by atoms with E-state index in [-0.39, 0.29) is 5.82 Å². The standard InChI is InChI=1S/C13H19FN2/c1-9-8-11(15)6-7-16(9)13-5-3-4-12(14)10(13)2/h3-5,9,11H,6-8,15H2,1-2H3. The molecule has 0 aliphatic carbocycles. The molecule has 0 saturated carbocycles. The van der Waals surface area contributed by atoms with E-state index in [1.807, 2.05) is 13.0 Å². The van der Waals surface area contributed by atoms with Crippen LogP contribution in [0.25, 0.3) is 0 Å². The van der Waals surface area contributed by atoms with Crippen LogP contribution in [0.1, 0.15) is 25.3 Å². The van der Waals surface area contributed by atoms with Crippen molar-refractivity contribution in [1.82, 2.24) is 0 Å². The van der Waals surface area contributed by atoms with Crippen molar-refractivity contribution in [3.05, 3.63) is 29.6 Å². The van der Waals surface area contributed by atoms with Crippen LogP contribution >= 0.6 is 0 Å². The van der Waals surface area contributed by atoms with Gasteiger partial charge in [-0.15, -0.1) is 0 Å². The number of piperidine rings is 1. The molecule has 2 atom stereocenters. The summed E-state index contributed by atoms with van der Waals surface area (Å²) in [6.07, 6.45) is 1.97. The van der Waals surface area contributed by atoms with Crippen LogP contribution in [0.3, 0.4) is 0 Å². The Balaban J connectivity index is 2.27. The molecule has 0 spiro atoms. The Morgan fingerprint density at radius 2 is 2.19 bits per heavy atom. The van der Waals surface area contributed by atoms with Crippen molar-refractivity contribution in [2.24, 2.45) is 5.73 Å². The van der Waals surface area contributed by atoms with Crippen LogP contribution in [0.2, 0.25) is 0 Å². The average molecular weight is 222 g/mol. The maximum atomic E-state index is 13.5. The Kier molecular flexibility index (Phi) is 3.15. The lowest BCUT2D eigenvalue weighted by Crippen LogP contribution is -2.45. The van der Waals surface area contributed by atoms with Crippen LogP contribution in [0.15, 0.2) is 18.2 Å². The highest BCUT2D eigenvalue weighted by atomic mass is 19.1. The van der Waals surface area contributed by atoms with Gasteiger partial charge in [0.1, 0.15) is 5.82 Å². The smallest absolute Gasteiger partial charge is 0.128 e. The van der Waals surface area contributed by atoms with Gasteiger partial charge in [-0.1, -0.05) is 6.07 Å². The normalized spacial score (nSPS) is 25.9. The zero-order chi connectivity index (χ0) is 11.7. The van der Waals surface area contributed by atoms with Crippen LogP contribution in [-0.4, -0.2) is 18.6 Å². The first kappa shape index (κ1) is 11.4. The summed E-state index contributed by atoms with van der Waals surface area (Å²) in [6, 6.07) is 5.97. The van der Waals surface area contributed by atoms with E-state index in [2.05, 4.69) is 11.8 Å². The molecule has 1 aromatic carbocycles. The summed E-state index contributed by atoms with van der Waals surface area (Å²) >= 11 is 0. The molecule has 1 aliphatic rings. The lowest BCUT2D eigenvalue weighted by Gasteiger charge is -2.39. The average Bonchev–Trinajstić information content (AvgIpc) is 2.23. The van der Waals surface area contributed by atoms with E-state index < -0.39 is 0 Å². The molecule has 88 valence electrons. The minimum atomic E-state index is -0.125. The van der Waals surface area contributed by atoms with Crippen molar-refractivity contribution in [2.75, 3.05) is 11.4 Å². The molecule has 1 fully saturated rings. The largest absolute Gasteiger partial charge is 0.368 e. The second kappa shape index (κ2) is 4.42. The van der Waals surface area contributed by atoms with E-state index in [9.17, 15) is 4.39 Å². The molecule has 2 rings (SSSR count). The van der Waals surface area contributed by atoms with E-state index in [1.54, 1.807) is 6.07 Å². The van der Waals surface area contributed by atoms with Gasteiger partial charge in [0.05, 0.1) is 0 Å². The number of hydrogen-bond acceptors (Lipinski definition) is 2. The van der Waals surface area contributed by atoms with Gasteiger partial charge >= 0.3 is 0 Å². The zero-order valence-electron chi connectivity index (χ0n) is 9.91. The fourth-order valence-corrected chi connectivity index (χ4v) is 2.47. The number of anilines is 1. The number of hydrogen-bond donors (Lipinski definition) is 1. The zero-order valence-corrected chi connectivity index (χ0v) is 9.91. The van der Waals surface area contributed by atoms with Crippen molar-refractivity contribution in [2.45, 2.75) is 38.8 Å². The monoisotopic (exact) mass is 222 g/mol. The minimum Gasteiger partial charge on any atom is -0.368 e. The maximum Gasteiger partial charge on any atom is 0.128 e. The summed E-state index contributed by atoms with van der Waals surface area (Å²) in [5.41, 5.74) is 7.69.